The lowest BCUT2D eigenvalue weighted by Crippen LogP contribution is -2.19. The number of ether oxygens (including phenoxy) is 4. The summed E-state index contributed by atoms with van der Waals surface area (Å²) in [5.74, 6) is 1.94. The number of methoxy groups -OCH3 is 3. The Morgan fingerprint density at radius 2 is 1.74 bits per heavy atom. The number of hydrogen-bond acceptors (Lipinski definition) is 6. The van der Waals surface area contributed by atoms with Crippen molar-refractivity contribution in [3.63, 3.8) is 0 Å². The summed E-state index contributed by atoms with van der Waals surface area (Å²) in [6.45, 7) is 0.286. The van der Waals surface area contributed by atoms with Crippen LogP contribution in [0.3, 0.4) is 0 Å². The normalized spacial score (nSPS) is 10.7. The number of carbonyl (C=O) groups excluding carboxylic acids is 1. The third-order valence-corrected chi connectivity index (χ3v) is 5.75. The van der Waals surface area contributed by atoms with Crippen molar-refractivity contribution in [2.24, 2.45) is 5.10 Å². The number of hydrogen-bond donors (Lipinski definition) is 1. The molecule has 0 aliphatic carbocycles. The molecule has 3 rings (SSSR count). The zero-order chi connectivity index (χ0) is 24.5. The van der Waals surface area contributed by atoms with Crippen LogP contribution < -0.4 is 24.4 Å². The van der Waals surface area contributed by atoms with Crippen LogP contribution in [0.15, 0.2) is 64.2 Å². The number of amides is 1. The van der Waals surface area contributed by atoms with Crippen LogP contribution in [0.2, 0.25) is 5.02 Å². The fourth-order valence-corrected chi connectivity index (χ4v) is 3.88. The highest BCUT2D eigenvalue weighted by molar-refractivity contribution is 9.10. The van der Waals surface area contributed by atoms with Crippen LogP contribution in [0, 0.1) is 0 Å². The summed E-state index contributed by atoms with van der Waals surface area (Å²) < 4.78 is 22.6. The molecular formula is C25H24BrClN2O5. The third kappa shape index (κ3) is 6.65. The summed E-state index contributed by atoms with van der Waals surface area (Å²) in [4.78, 5) is 12.3. The highest BCUT2D eigenvalue weighted by atomic mass is 79.9. The summed E-state index contributed by atoms with van der Waals surface area (Å²) >= 11 is 9.72. The molecule has 178 valence electrons. The molecule has 0 radical (unpaired) electrons. The summed E-state index contributed by atoms with van der Waals surface area (Å²) in [6.07, 6.45) is 1.66. The van der Waals surface area contributed by atoms with Crippen molar-refractivity contribution >= 4 is 39.7 Å². The minimum Gasteiger partial charge on any atom is -0.493 e. The SMILES string of the molecule is COc1ccc(CC(=O)N/N=C\c2cc(Br)c(OCc3ccccc3Cl)c(OC)c2)cc1OC. The second kappa shape index (κ2) is 12.3. The predicted molar refractivity (Wildman–Crippen MR) is 135 cm³/mol. The van der Waals surface area contributed by atoms with E-state index in [1.807, 2.05) is 30.3 Å². The number of hydrazone groups is 1. The lowest BCUT2D eigenvalue weighted by Gasteiger charge is -2.14. The van der Waals surface area contributed by atoms with Crippen molar-refractivity contribution in [2.75, 3.05) is 21.3 Å². The van der Waals surface area contributed by atoms with E-state index < -0.39 is 0 Å². The Bertz CT molecular complexity index is 1190. The lowest BCUT2D eigenvalue weighted by atomic mass is 10.1. The van der Waals surface area contributed by atoms with Gasteiger partial charge in [-0.25, -0.2) is 5.43 Å². The van der Waals surface area contributed by atoms with E-state index in [4.69, 9.17) is 30.5 Å². The van der Waals surface area contributed by atoms with Crippen molar-refractivity contribution in [3.05, 3.63) is 80.8 Å². The number of halogens is 2. The van der Waals surface area contributed by atoms with Crippen LogP contribution >= 0.6 is 27.5 Å². The van der Waals surface area contributed by atoms with Gasteiger partial charge < -0.3 is 18.9 Å². The predicted octanol–water partition coefficient (Wildman–Crippen LogP) is 5.40. The highest BCUT2D eigenvalue weighted by Gasteiger charge is 2.13. The minimum atomic E-state index is -0.269. The van der Waals surface area contributed by atoms with Gasteiger partial charge in [0.05, 0.1) is 38.4 Å². The Hall–Kier alpha value is -3.23. The number of benzene rings is 3. The third-order valence-electron chi connectivity index (χ3n) is 4.80. The van der Waals surface area contributed by atoms with Crippen molar-refractivity contribution in [1.82, 2.24) is 5.43 Å². The first-order valence-corrected chi connectivity index (χ1v) is 11.4. The van der Waals surface area contributed by atoms with Gasteiger partial charge in [0, 0.05) is 10.6 Å². The summed E-state index contributed by atoms with van der Waals surface area (Å²) in [6, 6.07) is 16.4. The summed E-state index contributed by atoms with van der Waals surface area (Å²) in [5.41, 5.74) is 4.87. The van der Waals surface area contributed by atoms with Gasteiger partial charge in [-0.2, -0.15) is 5.10 Å². The van der Waals surface area contributed by atoms with Crippen molar-refractivity contribution in [1.29, 1.82) is 0 Å². The second-order valence-electron chi connectivity index (χ2n) is 7.07. The standard InChI is InChI=1S/C25H24BrClN2O5/c1-31-21-9-8-16(11-22(21)32-2)13-24(30)29-28-14-17-10-19(26)25(23(12-17)33-3)34-15-18-6-4-5-7-20(18)27/h4-12,14H,13,15H2,1-3H3,(H,29,30)/b28-14-. The Morgan fingerprint density at radius 3 is 2.44 bits per heavy atom. The minimum absolute atomic E-state index is 0.138. The van der Waals surface area contributed by atoms with Gasteiger partial charge in [-0.05, 0) is 57.4 Å². The Balaban J connectivity index is 1.63. The Kier molecular flexibility index (Phi) is 9.18. The monoisotopic (exact) mass is 546 g/mol. The number of rotatable bonds is 10. The van der Waals surface area contributed by atoms with Crippen LogP contribution in [0.4, 0.5) is 0 Å². The van der Waals surface area contributed by atoms with Crippen molar-refractivity contribution in [2.45, 2.75) is 13.0 Å². The molecule has 0 aromatic heterocycles. The molecule has 0 heterocycles. The average Bonchev–Trinajstić information content (AvgIpc) is 2.83. The van der Waals surface area contributed by atoms with Crippen LogP contribution in [-0.4, -0.2) is 33.5 Å². The van der Waals surface area contributed by atoms with E-state index >= 15 is 0 Å². The molecule has 1 amide bonds. The largest absolute Gasteiger partial charge is 0.493 e. The molecule has 0 atom stereocenters. The molecule has 0 saturated carbocycles. The lowest BCUT2D eigenvalue weighted by molar-refractivity contribution is -0.120. The molecule has 0 saturated heterocycles. The maximum atomic E-state index is 12.3. The van der Waals surface area contributed by atoms with E-state index in [1.54, 1.807) is 45.6 Å². The van der Waals surface area contributed by atoms with Crippen LogP contribution in [0.1, 0.15) is 16.7 Å². The van der Waals surface area contributed by atoms with E-state index in [1.165, 1.54) is 6.21 Å². The first-order chi connectivity index (χ1) is 16.4. The highest BCUT2D eigenvalue weighted by Crippen LogP contribution is 2.37. The molecule has 9 heteroatoms. The quantitative estimate of drug-likeness (QED) is 0.272. The first-order valence-electron chi connectivity index (χ1n) is 10.2. The second-order valence-corrected chi connectivity index (χ2v) is 8.34. The number of nitrogens with one attached hydrogen (secondary N) is 1. The molecule has 0 fully saturated rings. The fraction of sp³-hybridized carbons (Fsp3) is 0.200. The molecule has 3 aromatic carbocycles. The van der Waals surface area contributed by atoms with Crippen LogP contribution in [-0.2, 0) is 17.8 Å². The van der Waals surface area contributed by atoms with Crippen molar-refractivity contribution in [3.8, 4) is 23.0 Å². The smallest absolute Gasteiger partial charge is 0.244 e. The molecule has 3 aromatic rings. The zero-order valence-corrected chi connectivity index (χ0v) is 21.3. The molecule has 0 spiro atoms. The first kappa shape index (κ1) is 25.4. The molecule has 0 aliphatic heterocycles. The molecule has 1 N–H and O–H groups in total. The van der Waals surface area contributed by atoms with Gasteiger partial charge in [0.2, 0.25) is 5.91 Å². The fourth-order valence-electron chi connectivity index (χ4n) is 3.11. The maximum absolute atomic E-state index is 12.3. The van der Waals surface area contributed by atoms with Gasteiger partial charge >= 0.3 is 0 Å². The van der Waals surface area contributed by atoms with Gasteiger partial charge in [-0.15, -0.1) is 0 Å². The Labute approximate surface area is 211 Å². The van der Waals surface area contributed by atoms with Gasteiger partial charge in [0.25, 0.3) is 0 Å². The van der Waals surface area contributed by atoms with E-state index in [0.717, 1.165) is 11.1 Å². The van der Waals surface area contributed by atoms with Gasteiger partial charge in [0.1, 0.15) is 6.61 Å². The molecule has 7 nitrogen and oxygen atoms in total. The zero-order valence-electron chi connectivity index (χ0n) is 18.9. The van der Waals surface area contributed by atoms with Gasteiger partial charge in [-0.3, -0.25) is 4.79 Å². The van der Waals surface area contributed by atoms with E-state index in [0.29, 0.717) is 38.1 Å². The Morgan fingerprint density at radius 1 is 1.00 bits per heavy atom. The van der Waals surface area contributed by atoms with E-state index in [-0.39, 0.29) is 18.9 Å². The van der Waals surface area contributed by atoms with Crippen LogP contribution in [0.25, 0.3) is 0 Å². The summed E-state index contributed by atoms with van der Waals surface area (Å²) in [5, 5.41) is 4.68. The van der Waals surface area contributed by atoms with E-state index in [2.05, 4.69) is 26.5 Å². The molecule has 34 heavy (non-hydrogen) atoms. The summed E-state index contributed by atoms with van der Waals surface area (Å²) in [7, 11) is 4.66. The van der Waals surface area contributed by atoms with Gasteiger partial charge in [-0.1, -0.05) is 35.9 Å². The van der Waals surface area contributed by atoms with Crippen molar-refractivity contribution < 1.29 is 23.7 Å². The molecular weight excluding hydrogens is 524 g/mol. The van der Waals surface area contributed by atoms with Crippen LogP contribution in [0.5, 0.6) is 23.0 Å². The topological polar surface area (TPSA) is 78.4 Å². The molecule has 0 unspecified atom stereocenters. The maximum Gasteiger partial charge on any atom is 0.244 e. The molecule has 0 aliphatic rings. The molecule has 0 bridgehead atoms. The average molecular weight is 548 g/mol. The number of carbonyl (C=O) groups is 1. The van der Waals surface area contributed by atoms with Gasteiger partial charge in [0.15, 0.2) is 23.0 Å². The van der Waals surface area contributed by atoms with E-state index in [9.17, 15) is 4.79 Å². The number of nitrogens with zero attached hydrogens (tertiary/aromatic N) is 1.